The summed E-state index contributed by atoms with van der Waals surface area (Å²) >= 11 is 0. The van der Waals surface area contributed by atoms with Crippen molar-refractivity contribution in [3.63, 3.8) is 0 Å². The molecular formula is C15H20N2O4. The Labute approximate surface area is 123 Å². The Hall–Kier alpha value is -1.95. The first kappa shape index (κ1) is 15.4. The van der Waals surface area contributed by atoms with Crippen LogP contribution in [0.4, 0.5) is 5.69 Å². The maximum absolute atomic E-state index is 12.1. The number of aliphatic hydroxyl groups excluding tert-OH is 1. The zero-order valence-electron chi connectivity index (χ0n) is 12.1. The fraction of sp³-hybridized carbons (Fsp3) is 0.533. The van der Waals surface area contributed by atoms with Crippen LogP contribution in [0.3, 0.4) is 0 Å². The van der Waals surface area contributed by atoms with Crippen molar-refractivity contribution in [2.75, 3.05) is 13.2 Å². The zero-order valence-corrected chi connectivity index (χ0v) is 12.1. The highest BCUT2D eigenvalue weighted by Gasteiger charge is 2.33. The first-order valence-electron chi connectivity index (χ1n) is 7.11. The molecule has 1 aliphatic rings. The van der Waals surface area contributed by atoms with Crippen LogP contribution in [0, 0.1) is 22.5 Å². The van der Waals surface area contributed by atoms with Gasteiger partial charge in [0.25, 0.3) is 11.6 Å². The van der Waals surface area contributed by atoms with Crippen molar-refractivity contribution in [1.29, 1.82) is 0 Å². The van der Waals surface area contributed by atoms with Crippen LogP contribution >= 0.6 is 0 Å². The molecule has 0 radical (unpaired) electrons. The minimum absolute atomic E-state index is 0.0552. The van der Waals surface area contributed by atoms with Gasteiger partial charge in [0, 0.05) is 29.2 Å². The number of nitrogens with zero attached hydrogens (tertiary/aromatic N) is 1. The standard InChI is InChI=1S/C15H20N2O4/c1-11-4-5-12(8-13(11)17(20)21)14(19)16-9-15(10-18)6-2-3-7-15/h4-5,8,18H,2-3,6-7,9-10H2,1H3,(H,16,19). The number of benzene rings is 1. The van der Waals surface area contributed by atoms with Gasteiger partial charge in [-0.2, -0.15) is 0 Å². The van der Waals surface area contributed by atoms with E-state index in [9.17, 15) is 20.0 Å². The SMILES string of the molecule is Cc1ccc(C(=O)NCC2(CO)CCCC2)cc1[N+](=O)[O-]. The monoisotopic (exact) mass is 292 g/mol. The number of aryl methyl sites for hydroxylation is 1. The molecule has 0 atom stereocenters. The lowest BCUT2D eigenvalue weighted by molar-refractivity contribution is -0.385. The quantitative estimate of drug-likeness (QED) is 0.642. The highest BCUT2D eigenvalue weighted by molar-refractivity contribution is 5.95. The Morgan fingerprint density at radius 2 is 2.10 bits per heavy atom. The van der Waals surface area contributed by atoms with Crippen LogP contribution < -0.4 is 5.32 Å². The summed E-state index contributed by atoms with van der Waals surface area (Å²) in [5, 5.41) is 23.2. The Bertz CT molecular complexity index is 551. The summed E-state index contributed by atoms with van der Waals surface area (Å²) in [6.07, 6.45) is 3.93. The number of nitro groups is 1. The molecule has 6 nitrogen and oxygen atoms in total. The lowest BCUT2D eigenvalue weighted by Crippen LogP contribution is -2.38. The molecule has 0 aromatic heterocycles. The zero-order chi connectivity index (χ0) is 15.5. The van der Waals surface area contributed by atoms with E-state index in [0.717, 1.165) is 25.7 Å². The maximum Gasteiger partial charge on any atom is 0.273 e. The minimum atomic E-state index is -0.488. The lowest BCUT2D eigenvalue weighted by atomic mass is 9.87. The van der Waals surface area contributed by atoms with Crippen molar-refractivity contribution >= 4 is 11.6 Å². The van der Waals surface area contributed by atoms with E-state index in [0.29, 0.717) is 12.1 Å². The molecular weight excluding hydrogens is 272 g/mol. The number of hydrogen-bond donors (Lipinski definition) is 2. The molecule has 21 heavy (non-hydrogen) atoms. The summed E-state index contributed by atoms with van der Waals surface area (Å²) < 4.78 is 0. The van der Waals surface area contributed by atoms with E-state index in [-0.39, 0.29) is 29.2 Å². The Balaban J connectivity index is 2.07. The number of nitro benzene ring substituents is 1. The summed E-state index contributed by atoms with van der Waals surface area (Å²) in [4.78, 5) is 22.5. The number of nitrogens with one attached hydrogen (secondary N) is 1. The van der Waals surface area contributed by atoms with Crippen molar-refractivity contribution in [3.05, 3.63) is 39.4 Å². The lowest BCUT2D eigenvalue weighted by Gasteiger charge is -2.26. The van der Waals surface area contributed by atoms with Crippen LogP contribution in [-0.2, 0) is 0 Å². The Kier molecular flexibility index (Phi) is 4.57. The number of carbonyl (C=O) groups is 1. The molecule has 0 unspecified atom stereocenters. The normalized spacial score (nSPS) is 16.7. The Morgan fingerprint density at radius 3 is 2.67 bits per heavy atom. The van der Waals surface area contributed by atoms with Gasteiger partial charge in [0.05, 0.1) is 11.5 Å². The highest BCUT2D eigenvalue weighted by Crippen LogP contribution is 2.36. The Morgan fingerprint density at radius 1 is 1.43 bits per heavy atom. The molecule has 0 bridgehead atoms. The van der Waals surface area contributed by atoms with Gasteiger partial charge in [-0.3, -0.25) is 14.9 Å². The minimum Gasteiger partial charge on any atom is -0.396 e. The van der Waals surface area contributed by atoms with E-state index >= 15 is 0 Å². The van der Waals surface area contributed by atoms with Crippen molar-refractivity contribution < 1.29 is 14.8 Å². The second-order valence-corrected chi connectivity index (χ2v) is 5.81. The molecule has 1 aliphatic carbocycles. The first-order chi connectivity index (χ1) is 9.97. The van der Waals surface area contributed by atoms with Crippen molar-refractivity contribution in [3.8, 4) is 0 Å². The van der Waals surface area contributed by atoms with Crippen molar-refractivity contribution in [1.82, 2.24) is 5.32 Å². The fourth-order valence-corrected chi connectivity index (χ4v) is 2.83. The molecule has 2 N–H and O–H groups in total. The summed E-state index contributed by atoms with van der Waals surface area (Å²) in [6, 6.07) is 4.45. The number of carbonyl (C=O) groups excluding carboxylic acids is 1. The average Bonchev–Trinajstić information content (AvgIpc) is 2.94. The van der Waals surface area contributed by atoms with Gasteiger partial charge in [0.15, 0.2) is 0 Å². The molecule has 1 aromatic rings. The molecule has 114 valence electrons. The highest BCUT2D eigenvalue weighted by atomic mass is 16.6. The van der Waals surface area contributed by atoms with E-state index in [1.807, 2.05) is 0 Å². The van der Waals surface area contributed by atoms with E-state index in [1.165, 1.54) is 6.07 Å². The van der Waals surface area contributed by atoms with E-state index in [1.54, 1.807) is 19.1 Å². The van der Waals surface area contributed by atoms with Gasteiger partial charge >= 0.3 is 0 Å². The molecule has 1 fully saturated rings. The predicted molar refractivity (Wildman–Crippen MR) is 78.2 cm³/mol. The van der Waals surface area contributed by atoms with E-state index < -0.39 is 4.92 Å². The molecule has 0 aliphatic heterocycles. The number of rotatable bonds is 5. The van der Waals surface area contributed by atoms with Gasteiger partial charge in [0.2, 0.25) is 0 Å². The van der Waals surface area contributed by atoms with Crippen LogP contribution in [0.1, 0.15) is 41.6 Å². The largest absolute Gasteiger partial charge is 0.396 e. The van der Waals surface area contributed by atoms with E-state index in [2.05, 4.69) is 5.32 Å². The van der Waals surface area contributed by atoms with Crippen LogP contribution in [0.5, 0.6) is 0 Å². The second-order valence-electron chi connectivity index (χ2n) is 5.81. The molecule has 0 heterocycles. The molecule has 0 spiro atoms. The van der Waals surface area contributed by atoms with Gasteiger partial charge in [-0.25, -0.2) is 0 Å². The van der Waals surface area contributed by atoms with Gasteiger partial charge in [-0.1, -0.05) is 18.9 Å². The summed E-state index contributed by atoms with van der Waals surface area (Å²) in [5.41, 5.74) is 0.518. The molecule has 6 heteroatoms. The van der Waals surface area contributed by atoms with Crippen molar-refractivity contribution in [2.24, 2.45) is 5.41 Å². The number of hydrogen-bond acceptors (Lipinski definition) is 4. The van der Waals surface area contributed by atoms with Crippen LogP contribution in [-0.4, -0.2) is 29.1 Å². The smallest absolute Gasteiger partial charge is 0.273 e. The molecule has 1 amide bonds. The molecule has 1 saturated carbocycles. The summed E-state index contributed by atoms with van der Waals surface area (Å²) in [7, 11) is 0. The predicted octanol–water partition coefficient (Wildman–Crippen LogP) is 2.19. The van der Waals surface area contributed by atoms with Crippen molar-refractivity contribution in [2.45, 2.75) is 32.6 Å². The van der Waals surface area contributed by atoms with E-state index in [4.69, 9.17) is 0 Å². The number of amides is 1. The number of aliphatic hydroxyl groups is 1. The summed E-state index contributed by atoms with van der Waals surface area (Å²) in [6.45, 7) is 2.10. The van der Waals surface area contributed by atoms with Gasteiger partial charge < -0.3 is 10.4 Å². The van der Waals surface area contributed by atoms with Crippen LogP contribution in [0.25, 0.3) is 0 Å². The maximum atomic E-state index is 12.1. The molecule has 0 saturated heterocycles. The first-order valence-corrected chi connectivity index (χ1v) is 7.11. The third kappa shape index (κ3) is 3.39. The molecule has 1 aromatic carbocycles. The van der Waals surface area contributed by atoms with Gasteiger partial charge in [-0.05, 0) is 25.8 Å². The van der Waals surface area contributed by atoms with Gasteiger partial charge in [0.1, 0.15) is 0 Å². The summed E-state index contributed by atoms with van der Waals surface area (Å²) in [5.74, 6) is -0.335. The molecule has 2 rings (SSSR count). The second kappa shape index (κ2) is 6.22. The van der Waals surface area contributed by atoms with Crippen LogP contribution in [0.15, 0.2) is 18.2 Å². The fourth-order valence-electron chi connectivity index (χ4n) is 2.83. The van der Waals surface area contributed by atoms with Gasteiger partial charge in [-0.15, -0.1) is 0 Å². The average molecular weight is 292 g/mol. The third-order valence-electron chi connectivity index (χ3n) is 4.29. The third-order valence-corrected chi connectivity index (χ3v) is 4.29. The van der Waals surface area contributed by atoms with Crippen LogP contribution in [0.2, 0.25) is 0 Å². The topological polar surface area (TPSA) is 92.5 Å².